The maximum absolute atomic E-state index is 5.21. The number of rotatable bonds is 5. The third-order valence-electron chi connectivity index (χ3n) is 1.62. The molecule has 0 unspecified atom stereocenters. The standard InChI is InChI=1S/C10H14INO/c1-2-13-8-7-12-10-5-3-9(11)4-6-10/h3-6,12H,2,7-8H2,1H3. The van der Waals surface area contributed by atoms with Gasteiger partial charge in [0.1, 0.15) is 0 Å². The van der Waals surface area contributed by atoms with Crippen molar-refractivity contribution < 1.29 is 4.74 Å². The number of anilines is 1. The predicted molar refractivity (Wildman–Crippen MR) is 64.1 cm³/mol. The van der Waals surface area contributed by atoms with E-state index in [-0.39, 0.29) is 0 Å². The van der Waals surface area contributed by atoms with Crippen molar-refractivity contribution in [3.8, 4) is 0 Å². The van der Waals surface area contributed by atoms with Gasteiger partial charge in [-0.1, -0.05) is 0 Å². The predicted octanol–water partition coefficient (Wildman–Crippen LogP) is 2.74. The Morgan fingerprint density at radius 1 is 1.31 bits per heavy atom. The maximum atomic E-state index is 5.21. The molecule has 0 heterocycles. The summed E-state index contributed by atoms with van der Waals surface area (Å²) in [6.07, 6.45) is 0. The monoisotopic (exact) mass is 291 g/mol. The molecule has 0 aliphatic rings. The summed E-state index contributed by atoms with van der Waals surface area (Å²) in [5.41, 5.74) is 1.15. The first-order valence-corrected chi connectivity index (χ1v) is 5.48. The first-order chi connectivity index (χ1) is 6.33. The largest absolute Gasteiger partial charge is 0.383 e. The Balaban J connectivity index is 2.25. The summed E-state index contributed by atoms with van der Waals surface area (Å²) in [5.74, 6) is 0. The van der Waals surface area contributed by atoms with Crippen LogP contribution in [0, 0.1) is 3.57 Å². The lowest BCUT2D eigenvalue weighted by molar-refractivity contribution is 0.158. The van der Waals surface area contributed by atoms with E-state index in [1.807, 2.05) is 6.92 Å². The van der Waals surface area contributed by atoms with Crippen LogP contribution < -0.4 is 5.32 Å². The molecule has 0 amide bonds. The van der Waals surface area contributed by atoms with Crippen LogP contribution in [0.25, 0.3) is 0 Å². The third-order valence-corrected chi connectivity index (χ3v) is 2.34. The molecule has 1 aromatic carbocycles. The third kappa shape index (κ3) is 4.47. The molecule has 13 heavy (non-hydrogen) atoms. The van der Waals surface area contributed by atoms with Crippen LogP contribution >= 0.6 is 22.6 Å². The van der Waals surface area contributed by atoms with Gasteiger partial charge in [0.05, 0.1) is 6.61 Å². The molecule has 1 N–H and O–H groups in total. The van der Waals surface area contributed by atoms with Crippen molar-refractivity contribution >= 4 is 28.3 Å². The first kappa shape index (κ1) is 10.8. The van der Waals surface area contributed by atoms with Crippen molar-refractivity contribution in [3.05, 3.63) is 27.8 Å². The molecule has 0 bridgehead atoms. The molecular weight excluding hydrogens is 277 g/mol. The Kier molecular flexibility index (Phi) is 5.15. The van der Waals surface area contributed by atoms with Gasteiger partial charge < -0.3 is 10.1 Å². The Bertz CT molecular complexity index is 235. The number of nitrogens with one attached hydrogen (secondary N) is 1. The van der Waals surface area contributed by atoms with Crippen LogP contribution in [-0.4, -0.2) is 19.8 Å². The minimum atomic E-state index is 0.766. The molecule has 0 atom stereocenters. The smallest absolute Gasteiger partial charge is 0.0638 e. The summed E-state index contributed by atoms with van der Waals surface area (Å²) in [5, 5.41) is 3.28. The fourth-order valence-corrected chi connectivity index (χ4v) is 1.34. The fraction of sp³-hybridized carbons (Fsp3) is 0.400. The molecule has 0 saturated carbocycles. The maximum Gasteiger partial charge on any atom is 0.0638 e. The minimum absolute atomic E-state index is 0.766. The van der Waals surface area contributed by atoms with Gasteiger partial charge in [0.25, 0.3) is 0 Å². The first-order valence-electron chi connectivity index (χ1n) is 4.40. The van der Waals surface area contributed by atoms with E-state index in [0.717, 1.165) is 25.4 Å². The summed E-state index contributed by atoms with van der Waals surface area (Å²) in [4.78, 5) is 0. The number of halogens is 1. The molecule has 0 aliphatic heterocycles. The molecule has 72 valence electrons. The highest BCUT2D eigenvalue weighted by Crippen LogP contribution is 2.10. The van der Waals surface area contributed by atoms with Gasteiger partial charge in [-0.15, -0.1) is 0 Å². The van der Waals surface area contributed by atoms with E-state index in [0.29, 0.717) is 0 Å². The Morgan fingerprint density at radius 3 is 2.62 bits per heavy atom. The van der Waals surface area contributed by atoms with Crippen molar-refractivity contribution in [2.24, 2.45) is 0 Å². The van der Waals surface area contributed by atoms with Gasteiger partial charge >= 0.3 is 0 Å². The Hall–Kier alpha value is -0.290. The molecule has 0 spiro atoms. The van der Waals surface area contributed by atoms with Crippen molar-refractivity contribution in [1.29, 1.82) is 0 Å². The van der Waals surface area contributed by atoms with E-state index in [4.69, 9.17) is 4.74 Å². The molecule has 0 radical (unpaired) electrons. The zero-order chi connectivity index (χ0) is 9.52. The molecule has 1 rings (SSSR count). The molecule has 0 saturated heterocycles. The van der Waals surface area contributed by atoms with E-state index in [1.54, 1.807) is 0 Å². The van der Waals surface area contributed by atoms with E-state index in [1.165, 1.54) is 3.57 Å². The van der Waals surface area contributed by atoms with Crippen molar-refractivity contribution in [1.82, 2.24) is 0 Å². The van der Waals surface area contributed by atoms with Crippen LogP contribution in [0.3, 0.4) is 0 Å². The lowest BCUT2D eigenvalue weighted by Gasteiger charge is -2.05. The van der Waals surface area contributed by atoms with E-state index in [9.17, 15) is 0 Å². The van der Waals surface area contributed by atoms with Crippen LogP contribution in [-0.2, 0) is 4.74 Å². The van der Waals surface area contributed by atoms with E-state index < -0.39 is 0 Å². The van der Waals surface area contributed by atoms with Crippen molar-refractivity contribution in [2.45, 2.75) is 6.92 Å². The second-order valence-corrected chi connectivity index (χ2v) is 3.88. The molecule has 3 heteroatoms. The molecule has 0 aliphatic carbocycles. The second kappa shape index (κ2) is 6.21. The molecule has 2 nitrogen and oxygen atoms in total. The summed E-state index contributed by atoms with van der Waals surface area (Å²) >= 11 is 2.30. The average Bonchev–Trinajstić information content (AvgIpc) is 2.15. The van der Waals surface area contributed by atoms with E-state index in [2.05, 4.69) is 52.2 Å². The summed E-state index contributed by atoms with van der Waals surface area (Å²) < 4.78 is 6.47. The number of hydrogen-bond acceptors (Lipinski definition) is 2. The van der Waals surface area contributed by atoms with Crippen LogP contribution in [0.1, 0.15) is 6.92 Å². The molecular formula is C10H14INO. The molecule has 0 aromatic heterocycles. The lowest BCUT2D eigenvalue weighted by atomic mass is 10.3. The summed E-state index contributed by atoms with van der Waals surface area (Å²) in [7, 11) is 0. The van der Waals surface area contributed by atoms with Crippen molar-refractivity contribution in [3.63, 3.8) is 0 Å². The second-order valence-electron chi connectivity index (χ2n) is 2.63. The zero-order valence-electron chi connectivity index (χ0n) is 7.72. The highest BCUT2D eigenvalue weighted by atomic mass is 127. The number of ether oxygens (including phenoxy) is 1. The normalized spacial score (nSPS) is 10.0. The van der Waals surface area contributed by atoms with E-state index >= 15 is 0 Å². The van der Waals surface area contributed by atoms with Gasteiger partial charge in [-0.05, 0) is 53.8 Å². The topological polar surface area (TPSA) is 21.3 Å². The van der Waals surface area contributed by atoms with Gasteiger partial charge in [-0.25, -0.2) is 0 Å². The molecule has 0 fully saturated rings. The zero-order valence-corrected chi connectivity index (χ0v) is 9.87. The SMILES string of the molecule is CCOCCNc1ccc(I)cc1. The molecule has 1 aromatic rings. The Labute approximate surface area is 92.8 Å². The van der Waals surface area contributed by atoms with Crippen molar-refractivity contribution in [2.75, 3.05) is 25.1 Å². The number of hydrogen-bond donors (Lipinski definition) is 1. The quantitative estimate of drug-likeness (QED) is 0.665. The average molecular weight is 291 g/mol. The highest BCUT2D eigenvalue weighted by molar-refractivity contribution is 14.1. The van der Waals surface area contributed by atoms with Gasteiger partial charge in [0.2, 0.25) is 0 Å². The van der Waals surface area contributed by atoms with Gasteiger partial charge in [0, 0.05) is 22.4 Å². The van der Waals surface area contributed by atoms with Crippen LogP contribution in [0.5, 0.6) is 0 Å². The van der Waals surface area contributed by atoms with Gasteiger partial charge in [-0.2, -0.15) is 0 Å². The highest BCUT2D eigenvalue weighted by Gasteiger charge is 1.90. The lowest BCUT2D eigenvalue weighted by Crippen LogP contribution is -2.08. The Morgan fingerprint density at radius 2 is 2.00 bits per heavy atom. The van der Waals surface area contributed by atoms with Gasteiger partial charge in [-0.3, -0.25) is 0 Å². The fourth-order valence-electron chi connectivity index (χ4n) is 0.980. The van der Waals surface area contributed by atoms with Crippen LogP contribution in [0.2, 0.25) is 0 Å². The summed E-state index contributed by atoms with van der Waals surface area (Å²) in [6.45, 7) is 4.43. The van der Waals surface area contributed by atoms with Crippen LogP contribution in [0.15, 0.2) is 24.3 Å². The van der Waals surface area contributed by atoms with Gasteiger partial charge in [0.15, 0.2) is 0 Å². The number of benzene rings is 1. The van der Waals surface area contributed by atoms with Crippen LogP contribution in [0.4, 0.5) is 5.69 Å². The minimum Gasteiger partial charge on any atom is -0.383 e. The summed E-state index contributed by atoms with van der Waals surface area (Å²) in [6, 6.07) is 8.33.